The molecule has 0 radical (unpaired) electrons. The van der Waals surface area contributed by atoms with Crippen LogP contribution in [-0.4, -0.2) is 41.1 Å². The molecule has 96 valence electrons. The van der Waals surface area contributed by atoms with E-state index in [0.717, 1.165) is 5.69 Å². The minimum absolute atomic E-state index is 0.106. The highest BCUT2D eigenvalue weighted by molar-refractivity contribution is 7.90. The number of nitrogens with zero attached hydrogens (tertiary/aromatic N) is 1. The quantitative estimate of drug-likeness (QED) is 0.789. The van der Waals surface area contributed by atoms with Crippen molar-refractivity contribution in [2.75, 3.05) is 43.3 Å². The lowest BCUT2D eigenvalue weighted by Gasteiger charge is -2.21. The molecule has 0 unspecified atom stereocenters. The van der Waals surface area contributed by atoms with Crippen LogP contribution in [0.15, 0.2) is 18.2 Å². The molecule has 0 saturated carbocycles. The third-order valence-electron chi connectivity index (χ3n) is 2.44. The summed E-state index contributed by atoms with van der Waals surface area (Å²) >= 11 is 0. The van der Waals surface area contributed by atoms with Gasteiger partial charge in [0.05, 0.1) is 24.2 Å². The Labute approximate surface area is 102 Å². The Morgan fingerprint density at radius 3 is 2.53 bits per heavy atom. The second-order valence-electron chi connectivity index (χ2n) is 3.98. The summed E-state index contributed by atoms with van der Waals surface area (Å²) in [6.45, 7) is 0.412. The monoisotopic (exact) mass is 258 g/mol. The molecule has 0 aliphatic rings. The summed E-state index contributed by atoms with van der Waals surface area (Å²) in [6.07, 6.45) is 1.22. The van der Waals surface area contributed by atoms with Crippen molar-refractivity contribution in [3.63, 3.8) is 0 Å². The lowest BCUT2D eigenvalue weighted by molar-refractivity contribution is 0.415. The number of hydrogen-bond donors (Lipinski definition) is 1. The van der Waals surface area contributed by atoms with Gasteiger partial charge in [0.25, 0.3) is 0 Å². The largest absolute Gasteiger partial charge is 0.497 e. The normalized spacial score (nSPS) is 11.2. The van der Waals surface area contributed by atoms with Crippen LogP contribution in [0.4, 0.5) is 11.4 Å². The van der Waals surface area contributed by atoms with Gasteiger partial charge in [-0.1, -0.05) is 0 Å². The standard InChI is InChI=1S/C11H18N2O3S/c1-13(6-7-17(3,14)15)11-5-4-9(16-2)8-10(11)12/h4-5,8H,6-7,12H2,1-3H3. The van der Waals surface area contributed by atoms with Crippen LogP contribution in [0.25, 0.3) is 0 Å². The smallest absolute Gasteiger partial charge is 0.149 e. The maximum absolute atomic E-state index is 11.1. The third kappa shape index (κ3) is 4.14. The summed E-state index contributed by atoms with van der Waals surface area (Å²) in [5.41, 5.74) is 7.24. The number of nitrogens with two attached hydrogens (primary N) is 1. The van der Waals surface area contributed by atoms with E-state index in [2.05, 4.69) is 0 Å². The molecule has 2 N–H and O–H groups in total. The van der Waals surface area contributed by atoms with Gasteiger partial charge in [-0.2, -0.15) is 0 Å². The van der Waals surface area contributed by atoms with Gasteiger partial charge in [-0.15, -0.1) is 0 Å². The average molecular weight is 258 g/mol. The Kier molecular flexibility index (Phi) is 4.22. The summed E-state index contributed by atoms with van der Waals surface area (Å²) < 4.78 is 27.2. The van der Waals surface area contributed by atoms with Crippen LogP contribution in [0.3, 0.4) is 0 Å². The second-order valence-corrected chi connectivity index (χ2v) is 6.24. The number of ether oxygens (including phenoxy) is 1. The molecule has 5 nitrogen and oxygen atoms in total. The molecule has 0 heterocycles. The zero-order chi connectivity index (χ0) is 13.1. The van der Waals surface area contributed by atoms with E-state index < -0.39 is 9.84 Å². The maximum Gasteiger partial charge on any atom is 0.149 e. The molecule has 0 saturated heterocycles. The Balaban J connectivity index is 2.79. The molecule has 0 amide bonds. The molecule has 1 aromatic carbocycles. The lowest BCUT2D eigenvalue weighted by atomic mass is 10.2. The molecule has 1 aromatic rings. The SMILES string of the molecule is COc1ccc(N(C)CCS(C)(=O)=O)c(N)c1. The number of anilines is 2. The fourth-order valence-corrected chi connectivity index (χ4v) is 2.04. The predicted molar refractivity (Wildman–Crippen MR) is 70.4 cm³/mol. The van der Waals surface area contributed by atoms with Crippen molar-refractivity contribution in [2.24, 2.45) is 0 Å². The first-order valence-electron chi connectivity index (χ1n) is 5.16. The molecular formula is C11H18N2O3S. The van der Waals surface area contributed by atoms with Crippen molar-refractivity contribution in [3.8, 4) is 5.75 Å². The van der Waals surface area contributed by atoms with Gasteiger partial charge in [0, 0.05) is 25.9 Å². The molecule has 0 aliphatic carbocycles. The van der Waals surface area contributed by atoms with Crippen LogP contribution in [-0.2, 0) is 9.84 Å². The number of rotatable bonds is 5. The zero-order valence-electron chi connectivity index (χ0n) is 10.3. The molecule has 0 aliphatic heterocycles. The van der Waals surface area contributed by atoms with Gasteiger partial charge in [-0.05, 0) is 12.1 Å². The van der Waals surface area contributed by atoms with Gasteiger partial charge in [-0.3, -0.25) is 0 Å². The van der Waals surface area contributed by atoms with Crippen molar-refractivity contribution in [2.45, 2.75) is 0 Å². The van der Waals surface area contributed by atoms with Crippen molar-refractivity contribution in [1.82, 2.24) is 0 Å². The van der Waals surface area contributed by atoms with Gasteiger partial charge < -0.3 is 15.4 Å². The van der Waals surface area contributed by atoms with Crippen LogP contribution >= 0.6 is 0 Å². The molecular weight excluding hydrogens is 240 g/mol. The minimum Gasteiger partial charge on any atom is -0.497 e. The summed E-state index contributed by atoms with van der Waals surface area (Å²) in [5, 5.41) is 0. The zero-order valence-corrected chi connectivity index (χ0v) is 11.1. The van der Waals surface area contributed by atoms with Crippen LogP contribution in [0, 0.1) is 0 Å². The van der Waals surface area contributed by atoms with E-state index in [1.807, 2.05) is 18.0 Å². The molecule has 0 aromatic heterocycles. The third-order valence-corrected chi connectivity index (χ3v) is 3.37. The number of nitrogen functional groups attached to an aromatic ring is 1. The number of sulfone groups is 1. The highest BCUT2D eigenvalue weighted by Gasteiger charge is 2.09. The van der Waals surface area contributed by atoms with E-state index in [-0.39, 0.29) is 5.75 Å². The second kappa shape index (κ2) is 5.27. The van der Waals surface area contributed by atoms with Crippen LogP contribution in [0.2, 0.25) is 0 Å². The van der Waals surface area contributed by atoms with Crippen molar-refractivity contribution in [3.05, 3.63) is 18.2 Å². The fraction of sp³-hybridized carbons (Fsp3) is 0.455. The van der Waals surface area contributed by atoms with Gasteiger partial charge >= 0.3 is 0 Å². The highest BCUT2D eigenvalue weighted by atomic mass is 32.2. The van der Waals surface area contributed by atoms with E-state index in [1.165, 1.54) is 6.26 Å². The van der Waals surface area contributed by atoms with Crippen molar-refractivity contribution < 1.29 is 13.2 Å². The molecule has 0 fully saturated rings. The van der Waals surface area contributed by atoms with E-state index in [4.69, 9.17) is 10.5 Å². The molecule has 17 heavy (non-hydrogen) atoms. The summed E-state index contributed by atoms with van der Waals surface area (Å²) in [5.74, 6) is 0.789. The van der Waals surface area contributed by atoms with Crippen LogP contribution in [0.1, 0.15) is 0 Å². The highest BCUT2D eigenvalue weighted by Crippen LogP contribution is 2.26. The van der Waals surface area contributed by atoms with Gasteiger partial charge in [0.1, 0.15) is 15.6 Å². The number of methoxy groups -OCH3 is 1. The Hall–Kier alpha value is -1.43. The molecule has 1 rings (SSSR count). The maximum atomic E-state index is 11.1. The van der Waals surface area contributed by atoms with Crippen molar-refractivity contribution >= 4 is 21.2 Å². The first-order valence-corrected chi connectivity index (χ1v) is 7.22. The predicted octanol–water partition coefficient (Wildman–Crippen LogP) is 0.758. The van der Waals surface area contributed by atoms with E-state index in [0.29, 0.717) is 18.0 Å². The Morgan fingerprint density at radius 1 is 1.41 bits per heavy atom. The topological polar surface area (TPSA) is 72.6 Å². The van der Waals surface area contributed by atoms with E-state index in [1.54, 1.807) is 19.2 Å². The van der Waals surface area contributed by atoms with E-state index in [9.17, 15) is 8.42 Å². The summed E-state index contributed by atoms with van der Waals surface area (Å²) in [7, 11) is 0.420. The Morgan fingerprint density at radius 2 is 2.06 bits per heavy atom. The molecule has 0 atom stereocenters. The number of hydrogen-bond acceptors (Lipinski definition) is 5. The van der Waals surface area contributed by atoms with Gasteiger partial charge in [0.15, 0.2) is 0 Å². The van der Waals surface area contributed by atoms with Gasteiger partial charge in [-0.25, -0.2) is 8.42 Å². The van der Waals surface area contributed by atoms with Crippen molar-refractivity contribution in [1.29, 1.82) is 0 Å². The molecule has 0 bridgehead atoms. The average Bonchev–Trinajstić information content (AvgIpc) is 2.24. The van der Waals surface area contributed by atoms with Crippen LogP contribution < -0.4 is 15.4 Å². The molecule has 0 spiro atoms. The van der Waals surface area contributed by atoms with E-state index >= 15 is 0 Å². The van der Waals surface area contributed by atoms with Gasteiger partial charge in [0.2, 0.25) is 0 Å². The fourth-order valence-electron chi connectivity index (χ4n) is 1.43. The first kappa shape index (κ1) is 13.6. The first-order chi connectivity index (χ1) is 7.83. The Bertz CT molecular complexity index is 485. The summed E-state index contributed by atoms with van der Waals surface area (Å²) in [4.78, 5) is 1.82. The minimum atomic E-state index is -2.96. The lowest BCUT2D eigenvalue weighted by Crippen LogP contribution is -2.25. The summed E-state index contributed by atoms with van der Waals surface area (Å²) in [6, 6.07) is 5.32. The van der Waals surface area contributed by atoms with Crippen LogP contribution in [0.5, 0.6) is 5.75 Å². The molecule has 6 heteroatoms. The number of benzene rings is 1.